The number of methoxy groups -OCH3 is 1. The van der Waals surface area contributed by atoms with Crippen LogP contribution in [0.1, 0.15) is 57.1 Å². The van der Waals surface area contributed by atoms with Crippen molar-refractivity contribution in [2.24, 2.45) is 11.3 Å². The molecule has 0 bridgehead atoms. The zero-order valence-corrected chi connectivity index (χ0v) is 19.9. The predicted molar refractivity (Wildman–Crippen MR) is 132 cm³/mol. The number of allylic oxidation sites excluding steroid dienone is 2. The minimum atomic E-state index is -0.610. The molecule has 0 saturated carbocycles. The van der Waals surface area contributed by atoms with Gasteiger partial charge in [-0.3, -0.25) is 20.2 Å². The van der Waals surface area contributed by atoms with Gasteiger partial charge in [-0.1, -0.05) is 31.9 Å². The Morgan fingerprint density at radius 3 is 2.56 bits per heavy atom. The number of nitrogens with zero attached hydrogens (tertiary/aromatic N) is 2. The molecule has 0 aliphatic heterocycles. The van der Waals surface area contributed by atoms with E-state index in [0.29, 0.717) is 18.2 Å². The van der Waals surface area contributed by atoms with E-state index < -0.39 is 9.85 Å². The highest BCUT2D eigenvalue weighted by Gasteiger charge is 2.42. The summed E-state index contributed by atoms with van der Waals surface area (Å²) in [5.41, 5.74) is 5.37. The van der Waals surface area contributed by atoms with Crippen LogP contribution in [-0.2, 0) is 6.42 Å². The highest BCUT2D eigenvalue weighted by molar-refractivity contribution is 5.75. The van der Waals surface area contributed by atoms with Crippen molar-refractivity contribution in [2.75, 3.05) is 19.0 Å². The molecule has 0 saturated heterocycles. The maximum absolute atomic E-state index is 11.6. The van der Waals surface area contributed by atoms with Crippen molar-refractivity contribution in [3.05, 3.63) is 73.3 Å². The van der Waals surface area contributed by atoms with E-state index in [4.69, 9.17) is 4.74 Å². The second-order valence-electron chi connectivity index (χ2n) is 9.59. The molecule has 1 N–H and O–H groups in total. The molecule has 0 fully saturated rings. The highest BCUT2D eigenvalue weighted by atomic mass is 16.6. The van der Waals surface area contributed by atoms with Crippen LogP contribution in [0.15, 0.2) is 42.0 Å². The van der Waals surface area contributed by atoms with Crippen molar-refractivity contribution in [1.82, 2.24) is 0 Å². The Hall–Kier alpha value is -3.42. The summed E-state index contributed by atoms with van der Waals surface area (Å²) in [6.07, 6.45) is 6.07. The Kier molecular flexibility index (Phi) is 6.59. The summed E-state index contributed by atoms with van der Waals surface area (Å²) in [5.74, 6) is 1.27. The third-order valence-electron chi connectivity index (χ3n) is 7.55. The summed E-state index contributed by atoms with van der Waals surface area (Å²) in [6.45, 7) is 5.04. The number of non-ortho nitro benzene ring substituents is 1. The van der Waals surface area contributed by atoms with Crippen molar-refractivity contribution >= 4 is 22.6 Å². The lowest BCUT2D eigenvalue weighted by atomic mass is 9.60. The van der Waals surface area contributed by atoms with Gasteiger partial charge in [-0.2, -0.15) is 0 Å². The molecule has 0 spiro atoms. The topological polar surface area (TPSA) is 108 Å². The molecular formula is C26H31N3O5. The number of hydrogen-bond acceptors (Lipinski definition) is 6. The van der Waals surface area contributed by atoms with E-state index in [0.717, 1.165) is 50.3 Å². The van der Waals surface area contributed by atoms with Crippen LogP contribution in [0.5, 0.6) is 5.75 Å². The Morgan fingerprint density at radius 2 is 1.88 bits per heavy atom. The Morgan fingerprint density at radius 1 is 1.09 bits per heavy atom. The van der Waals surface area contributed by atoms with Crippen LogP contribution in [-0.4, -0.2) is 23.5 Å². The summed E-state index contributed by atoms with van der Waals surface area (Å²) in [4.78, 5) is 21.5. The van der Waals surface area contributed by atoms with Crippen LogP contribution >= 0.6 is 0 Å². The van der Waals surface area contributed by atoms with E-state index in [9.17, 15) is 20.2 Å². The number of hydrogen-bond donors (Lipinski definition) is 1. The molecular weight excluding hydrogens is 434 g/mol. The van der Waals surface area contributed by atoms with E-state index >= 15 is 0 Å². The maximum atomic E-state index is 11.6. The fraction of sp³-hybridized carbons (Fsp3) is 0.462. The lowest BCUT2D eigenvalue weighted by Crippen LogP contribution is -2.39. The number of benzene rings is 2. The van der Waals surface area contributed by atoms with Gasteiger partial charge in [-0.15, -0.1) is 0 Å². The second-order valence-corrected chi connectivity index (χ2v) is 9.59. The van der Waals surface area contributed by atoms with Crippen molar-refractivity contribution in [1.29, 1.82) is 0 Å². The molecule has 8 heteroatoms. The molecule has 4 rings (SSSR count). The summed E-state index contributed by atoms with van der Waals surface area (Å²) >= 11 is 0. The smallest absolute Gasteiger partial charge is 0.299 e. The van der Waals surface area contributed by atoms with Crippen LogP contribution in [0.2, 0.25) is 0 Å². The summed E-state index contributed by atoms with van der Waals surface area (Å²) in [5, 5.41) is 25.9. The van der Waals surface area contributed by atoms with Gasteiger partial charge in [0.2, 0.25) is 0 Å². The molecule has 2 aliphatic carbocycles. The molecule has 0 aromatic heterocycles. The molecule has 2 aliphatic rings. The molecule has 0 unspecified atom stereocenters. The first-order valence-electron chi connectivity index (χ1n) is 11.8. The molecule has 0 heterocycles. The second kappa shape index (κ2) is 9.44. The Balaban J connectivity index is 1.63. The third kappa shape index (κ3) is 4.36. The summed E-state index contributed by atoms with van der Waals surface area (Å²) < 4.78 is 5.42. The fourth-order valence-corrected chi connectivity index (χ4v) is 5.73. The zero-order valence-electron chi connectivity index (χ0n) is 19.9. The lowest BCUT2D eigenvalue weighted by molar-refractivity contribution is -0.393. The van der Waals surface area contributed by atoms with E-state index in [-0.39, 0.29) is 16.8 Å². The minimum absolute atomic E-state index is 0.0749. The van der Waals surface area contributed by atoms with Crippen LogP contribution in [0, 0.1) is 31.6 Å². The van der Waals surface area contributed by atoms with Gasteiger partial charge in [0.15, 0.2) is 0 Å². The molecule has 2 aromatic rings. The van der Waals surface area contributed by atoms with Gasteiger partial charge >= 0.3 is 0 Å². The monoisotopic (exact) mass is 465 g/mol. The number of aryl methyl sites for hydroxylation is 1. The quantitative estimate of drug-likeness (QED) is 0.350. The van der Waals surface area contributed by atoms with Crippen molar-refractivity contribution in [3.63, 3.8) is 0 Å². The third-order valence-corrected chi connectivity index (χ3v) is 7.55. The van der Waals surface area contributed by atoms with Crippen molar-refractivity contribution in [2.45, 2.75) is 52.4 Å². The van der Waals surface area contributed by atoms with E-state index in [1.165, 1.54) is 34.4 Å². The number of anilines is 1. The van der Waals surface area contributed by atoms with Crippen LogP contribution in [0.4, 0.5) is 17.1 Å². The Bertz CT molecular complexity index is 1160. The standard InChI is InChI=1S/C26H31N3O5/c1-4-5-23-22-9-6-17-14-19(34-3)8-10-20(17)21(22)12-13-26(23,2)16-27-24-11-7-18(28(30)31)15-25(24)29(32)33/h7-8,10-11,14-15,23,27H,4-6,9,12-13,16H2,1-3H3/t23-,26+/m0/s1. The average molecular weight is 466 g/mol. The van der Waals surface area contributed by atoms with Gasteiger partial charge in [-0.25, -0.2) is 0 Å². The van der Waals surface area contributed by atoms with Crippen molar-refractivity contribution in [3.8, 4) is 5.75 Å². The van der Waals surface area contributed by atoms with Gasteiger partial charge in [-0.05, 0) is 78.3 Å². The number of nitro benzene ring substituents is 2. The average Bonchev–Trinajstić information content (AvgIpc) is 2.83. The lowest BCUT2D eigenvalue weighted by Gasteiger charge is -2.46. The summed E-state index contributed by atoms with van der Waals surface area (Å²) in [6, 6.07) is 10.2. The molecule has 180 valence electrons. The van der Waals surface area contributed by atoms with Crippen LogP contribution in [0.3, 0.4) is 0 Å². The maximum Gasteiger partial charge on any atom is 0.299 e. The number of fused-ring (bicyclic) bond motifs is 2. The van der Waals surface area contributed by atoms with Gasteiger partial charge in [0, 0.05) is 12.6 Å². The van der Waals surface area contributed by atoms with E-state index in [1.807, 2.05) is 6.07 Å². The van der Waals surface area contributed by atoms with Gasteiger partial charge in [0.1, 0.15) is 11.4 Å². The largest absolute Gasteiger partial charge is 0.497 e. The number of ether oxygens (including phenoxy) is 1. The van der Waals surface area contributed by atoms with Crippen LogP contribution < -0.4 is 10.1 Å². The van der Waals surface area contributed by atoms with E-state index in [1.54, 1.807) is 7.11 Å². The number of rotatable bonds is 8. The van der Waals surface area contributed by atoms with Gasteiger partial charge in [0.25, 0.3) is 11.4 Å². The zero-order chi connectivity index (χ0) is 24.5. The first-order valence-corrected chi connectivity index (χ1v) is 11.8. The molecule has 0 amide bonds. The minimum Gasteiger partial charge on any atom is -0.497 e. The SMILES string of the molecule is CCC[C@H]1C2=C(CC[C@]1(C)CNc1ccc([N+](=O)[O-])cc1[N+](=O)[O-])c1ccc(OC)cc1CC2. The fourth-order valence-electron chi connectivity index (χ4n) is 5.73. The summed E-state index contributed by atoms with van der Waals surface area (Å²) in [7, 11) is 1.70. The van der Waals surface area contributed by atoms with Gasteiger partial charge < -0.3 is 10.1 Å². The van der Waals surface area contributed by atoms with Crippen LogP contribution in [0.25, 0.3) is 5.57 Å². The Labute approximate surface area is 199 Å². The number of nitrogens with one attached hydrogen (secondary N) is 1. The van der Waals surface area contributed by atoms with Crippen molar-refractivity contribution < 1.29 is 14.6 Å². The highest BCUT2D eigenvalue weighted by Crippen LogP contribution is 2.53. The normalized spacial score (nSPS) is 21.4. The molecule has 0 radical (unpaired) electrons. The van der Waals surface area contributed by atoms with E-state index in [2.05, 4.69) is 31.3 Å². The molecule has 8 nitrogen and oxygen atoms in total. The first-order chi connectivity index (χ1) is 16.3. The number of nitro groups is 2. The van der Waals surface area contributed by atoms with Gasteiger partial charge in [0.05, 0.1) is 23.0 Å². The first kappa shape index (κ1) is 23.7. The molecule has 2 atom stereocenters. The molecule has 34 heavy (non-hydrogen) atoms. The predicted octanol–water partition coefficient (Wildman–Crippen LogP) is 6.54. The molecule has 2 aromatic carbocycles.